The van der Waals surface area contributed by atoms with Gasteiger partial charge in [0.1, 0.15) is 5.82 Å². The molecule has 17 heavy (non-hydrogen) atoms. The number of benzene rings is 1. The second kappa shape index (κ2) is 4.57. The van der Waals surface area contributed by atoms with E-state index in [1.54, 1.807) is 0 Å². The molecule has 0 aliphatic carbocycles. The van der Waals surface area contributed by atoms with Crippen LogP contribution in [0.15, 0.2) is 22.7 Å². The normalized spacial score (nSPS) is 14.8. The van der Waals surface area contributed by atoms with Crippen molar-refractivity contribution in [1.82, 2.24) is 0 Å². The van der Waals surface area contributed by atoms with Crippen LogP contribution >= 0.6 is 15.9 Å². The van der Waals surface area contributed by atoms with Crippen LogP contribution in [0.3, 0.4) is 0 Å². The van der Waals surface area contributed by atoms with E-state index in [1.807, 2.05) is 0 Å². The Labute approximate surface area is 105 Å². The molecule has 0 aromatic heterocycles. The molecule has 0 spiro atoms. The fourth-order valence-electron chi connectivity index (χ4n) is 1.57. The molecule has 1 aromatic rings. The molecule has 0 heterocycles. The second-order valence-corrected chi connectivity index (χ2v) is 5.21. The molecule has 0 unspecified atom stereocenters. The Morgan fingerprint density at radius 1 is 1.24 bits per heavy atom. The van der Waals surface area contributed by atoms with Crippen molar-refractivity contribution < 1.29 is 22.7 Å². The van der Waals surface area contributed by atoms with Crippen LogP contribution in [-0.4, -0.2) is 17.4 Å². The number of rotatable bonds is 2. The van der Waals surface area contributed by atoms with Crippen molar-refractivity contribution in [2.75, 3.05) is 0 Å². The molecular formula is C11H11BrF4O. The van der Waals surface area contributed by atoms with Crippen molar-refractivity contribution in [3.8, 4) is 0 Å². The molecule has 0 fully saturated rings. The minimum atomic E-state index is -4.79. The predicted octanol–water partition coefficient (Wildman–Crippen LogP) is 3.79. The maximum absolute atomic E-state index is 13.6. The summed E-state index contributed by atoms with van der Waals surface area (Å²) >= 11 is 3.01. The zero-order chi connectivity index (χ0) is 13.4. The molecule has 1 N–H and O–H groups in total. The summed E-state index contributed by atoms with van der Waals surface area (Å²) < 4.78 is 51.4. The number of hydrogen-bond acceptors (Lipinski definition) is 1. The lowest BCUT2D eigenvalue weighted by atomic mass is 9.79. The van der Waals surface area contributed by atoms with Crippen LogP contribution in [0.25, 0.3) is 0 Å². The topological polar surface area (TPSA) is 20.2 Å². The summed E-state index contributed by atoms with van der Waals surface area (Å²) in [5.74, 6) is -0.785. The van der Waals surface area contributed by atoms with Gasteiger partial charge in [-0.1, -0.05) is 35.8 Å². The maximum atomic E-state index is 13.6. The number of alkyl halides is 3. The van der Waals surface area contributed by atoms with Crippen molar-refractivity contribution in [3.05, 3.63) is 34.1 Å². The van der Waals surface area contributed by atoms with E-state index in [-0.39, 0.29) is 5.56 Å². The van der Waals surface area contributed by atoms with Crippen LogP contribution in [0.4, 0.5) is 17.6 Å². The van der Waals surface area contributed by atoms with Gasteiger partial charge in [0, 0.05) is 9.89 Å². The van der Waals surface area contributed by atoms with E-state index in [1.165, 1.54) is 12.1 Å². The van der Waals surface area contributed by atoms with E-state index in [9.17, 15) is 22.7 Å². The first-order valence-electron chi connectivity index (χ1n) is 4.77. The lowest BCUT2D eigenvalue weighted by molar-refractivity contribution is -0.221. The summed E-state index contributed by atoms with van der Waals surface area (Å²) in [6, 6.07) is 3.73. The van der Waals surface area contributed by atoms with Crippen LogP contribution < -0.4 is 0 Å². The van der Waals surface area contributed by atoms with Crippen molar-refractivity contribution in [3.63, 3.8) is 0 Å². The zero-order valence-electron chi connectivity index (χ0n) is 9.15. The Morgan fingerprint density at radius 3 is 2.18 bits per heavy atom. The molecule has 0 bridgehead atoms. The first-order chi connectivity index (χ1) is 7.56. The van der Waals surface area contributed by atoms with E-state index in [4.69, 9.17) is 0 Å². The van der Waals surface area contributed by atoms with Gasteiger partial charge in [-0.05, 0) is 17.7 Å². The summed E-state index contributed by atoms with van der Waals surface area (Å²) in [7, 11) is 0. The van der Waals surface area contributed by atoms with Gasteiger partial charge in [-0.2, -0.15) is 13.2 Å². The van der Waals surface area contributed by atoms with E-state index < -0.39 is 23.5 Å². The third kappa shape index (κ3) is 2.98. The minimum Gasteiger partial charge on any atom is -0.383 e. The van der Waals surface area contributed by atoms with Crippen molar-refractivity contribution in [1.29, 1.82) is 0 Å². The number of aliphatic hydroxyl groups is 1. The largest absolute Gasteiger partial charge is 0.415 e. The Balaban J connectivity index is 3.21. The Bertz CT molecular complexity index is 414. The molecule has 96 valence electrons. The first-order valence-corrected chi connectivity index (χ1v) is 5.56. The number of halogens is 5. The first kappa shape index (κ1) is 14.4. The highest BCUT2D eigenvalue weighted by atomic mass is 79.9. The van der Waals surface area contributed by atoms with Gasteiger partial charge >= 0.3 is 6.18 Å². The Morgan fingerprint density at radius 2 is 1.76 bits per heavy atom. The number of hydrogen-bond donors (Lipinski definition) is 1. The molecule has 0 aliphatic rings. The van der Waals surface area contributed by atoms with Gasteiger partial charge in [0.05, 0.1) is 0 Å². The maximum Gasteiger partial charge on any atom is 0.415 e. The van der Waals surface area contributed by atoms with Crippen LogP contribution in [-0.2, 0) is 5.41 Å². The molecular weight excluding hydrogens is 304 g/mol. The zero-order valence-corrected chi connectivity index (χ0v) is 10.7. The molecule has 0 saturated heterocycles. The highest BCUT2D eigenvalue weighted by Gasteiger charge is 2.49. The van der Waals surface area contributed by atoms with Crippen LogP contribution in [0.2, 0.25) is 0 Å². The summed E-state index contributed by atoms with van der Waals surface area (Å²) in [6.07, 6.45) is -7.41. The molecule has 1 atom stereocenters. The monoisotopic (exact) mass is 314 g/mol. The summed E-state index contributed by atoms with van der Waals surface area (Å²) in [6.45, 7) is 2.30. The average Bonchev–Trinajstić information content (AvgIpc) is 2.14. The Kier molecular flexibility index (Phi) is 3.88. The van der Waals surface area contributed by atoms with Gasteiger partial charge in [0.15, 0.2) is 6.10 Å². The van der Waals surface area contributed by atoms with Gasteiger partial charge in [0.2, 0.25) is 0 Å². The van der Waals surface area contributed by atoms with E-state index in [0.29, 0.717) is 4.47 Å². The van der Waals surface area contributed by atoms with Crippen molar-refractivity contribution in [2.45, 2.75) is 31.5 Å². The van der Waals surface area contributed by atoms with Crippen LogP contribution in [0.5, 0.6) is 0 Å². The smallest absolute Gasteiger partial charge is 0.383 e. The molecule has 6 heteroatoms. The fraction of sp³-hybridized carbons (Fsp3) is 0.455. The van der Waals surface area contributed by atoms with Gasteiger partial charge in [0.25, 0.3) is 0 Å². The highest BCUT2D eigenvalue weighted by molar-refractivity contribution is 9.10. The van der Waals surface area contributed by atoms with Gasteiger partial charge in [-0.15, -0.1) is 0 Å². The molecule has 0 aliphatic heterocycles. The lowest BCUT2D eigenvalue weighted by Crippen LogP contribution is -2.45. The molecule has 1 aromatic carbocycles. The average molecular weight is 315 g/mol. The minimum absolute atomic E-state index is 0.175. The summed E-state index contributed by atoms with van der Waals surface area (Å²) in [5.41, 5.74) is -1.92. The molecule has 0 saturated carbocycles. The van der Waals surface area contributed by atoms with Gasteiger partial charge < -0.3 is 5.11 Å². The molecule has 0 radical (unpaired) electrons. The Hall–Kier alpha value is -0.620. The molecule has 0 amide bonds. The fourth-order valence-corrected chi connectivity index (χ4v) is 1.90. The van der Waals surface area contributed by atoms with Gasteiger partial charge in [-0.3, -0.25) is 0 Å². The highest BCUT2D eigenvalue weighted by Crippen LogP contribution is 2.38. The molecule has 1 nitrogen and oxygen atoms in total. The summed E-state index contributed by atoms with van der Waals surface area (Å²) in [5, 5.41) is 9.26. The predicted molar refractivity (Wildman–Crippen MR) is 59.2 cm³/mol. The van der Waals surface area contributed by atoms with E-state index in [2.05, 4.69) is 15.9 Å². The van der Waals surface area contributed by atoms with E-state index in [0.717, 1.165) is 19.9 Å². The second-order valence-electron chi connectivity index (χ2n) is 4.29. The van der Waals surface area contributed by atoms with E-state index >= 15 is 0 Å². The lowest BCUT2D eigenvalue weighted by Gasteiger charge is -2.32. The molecule has 1 rings (SSSR count). The van der Waals surface area contributed by atoms with Crippen LogP contribution in [0, 0.1) is 5.82 Å². The standard InChI is InChI=1S/C11H11BrF4O/c1-10(2,9(17)11(14,15)16)7-4-3-6(12)5-8(7)13/h3-5,9,17H,1-2H3/t9-/m1/s1. The van der Waals surface area contributed by atoms with Gasteiger partial charge in [-0.25, -0.2) is 4.39 Å². The third-order valence-electron chi connectivity index (χ3n) is 2.62. The third-order valence-corrected chi connectivity index (χ3v) is 3.11. The summed E-state index contributed by atoms with van der Waals surface area (Å²) in [4.78, 5) is 0. The quantitative estimate of drug-likeness (QED) is 0.823. The SMILES string of the molecule is CC(C)(c1ccc(Br)cc1F)[C@@H](O)C(F)(F)F. The van der Waals surface area contributed by atoms with Crippen LogP contribution in [0.1, 0.15) is 19.4 Å². The number of aliphatic hydroxyl groups excluding tert-OH is 1. The van der Waals surface area contributed by atoms with Crippen molar-refractivity contribution >= 4 is 15.9 Å². The van der Waals surface area contributed by atoms with Crippen molar-refractivity contribution in [2.24, 2.45) is 0 Å².